The normalized spacial score (nSPS) is 15.9. The van der Waals surface area contributed by atoms with E-state index in [1.54, 1.807) is 14.2 Å². The van der Waals surface area contributed by atoms with Gasteiger partial charge in [0.15, 0.2) is 0 Å². The van der Waals surface area contributed by atoms with Gasteiger partial charge in [-0.05, 0) is 30.5 Å². The summed E-state index contributed by atoms with van der Waals surface area (Å²) in [7, 11) is 3.34. The van der Waals surface area contributed by atoms with Crippen LogP contribution in [0.4, 0.5) is 0 Å². The summed E-state index contributed by atoms with van der Waals surface area (Å²) in [5, 5.41) is 0. The molecule has 0 bridgehead atoms. The lowest BCUT2D eigenvalue weighted by molar-refractivity contribution is 0.393. The van der Waals surface area contributed by atoms with E-state index in [0.717, 1.165) is 29.4 Å². The molecule has 4 heteroatoms. The van der Waals surface area contributed by atoms with Crippen LogP contribution >= 0.6 is 12.4 Å². The standard InChI is InChI=1S/C13H19NO2.ClH/c1-15-10-5-6-13(16-2)11(8-10)12(14)7-9-3-4-9;/h5-6,8-9,12H,3-4,7,14H2,1-2H3;1H/t12-;/m0./s1. The van der Waals surface area contributed by atoms with Crippen molar-refractivity contribution in [2.75, 3.05) is 14.2 Å². The lowest BCUT2D eigenvalue weighted by atomic mass is 10.0. The number of ether oxygens (including phenoxy) is 2. The van der Waals surface area contributed by atoms with Crippen LogP contribution in [0, 0.1) is 5.92 Å². The van der Waals surface area contributed by atoms with Crippen LogP contribution in [0.2, 0.25) is 0 Å². The Balaban J connectivity index is 0.00000144. The van der Waals surface area contributed by atoms with E-state index >= 15 is 0 Å². The van der Waals surface area contributed by atoms with Crippen molar-refractivity contribution in [3.05, 3.63) is 23.8 Å². The first-order valence-electron chi connectivity index (χ1n) is 5.72. The molecule has 0 radical (unpaired) electrons. The topological polar surface area (TPSA) is 44.5 Å². The van der Waals surface area contributed by atoms with Gasteiger partial charge in [-0.15, -0.1) is 12.4 Å². The summed E-state index contributed by atoms with van der Waals surface area (Å²) in [5.74, 6) is 2.50. The van der Waals surface area contributed by atoms with Crippen molar-refractivity contribution in [3.8, 4) is 11.5 Å². The minimum absolute atomic E-state index is 0. The zero-order valence-electron chi connectivity index (χ0n) is 10.3. The minimum atomic E-state index is 0. The molecule has 1 aromatic carbocycles. The predicted octanol–water partition coefficient (Wildman–Crippen LogP) is 2.93. The first kappa shape index (κ1) is 14.1. The molecule has 1 atom stereocenters. The predicted molar refractivity (Wildman–Crippen MR) is 71.1 cm³/mol. The molecule has 0 aromatic heterocycles. The largest absolute Gasteiger partial charge is 0.497 e. The summed E-state index contributed by atoms with van der Waals surface area (Å²) >= 11 is 0. The fourth-order valence-electron chi connectivity index (χ4n) is 1.97. The van der Waals surface area contributed by atoms with Gasteiger partial charge in [-0.25, -0.2) is 0 Å². The van der Waals surface area contributed by atoms with Gasteiger partial charge in [0.25, 0.3) is 0 Å². The minimum Gasteiger partial charge on any atom is -0.497 e. The lowest BCUT2D eigenvalue weighted by Crippen LogP contribution is -2.12. The number of rotatable bonds is 5. The summed E-state index contributed by atoms with van der Waals surface area (Å²) in [5.41, 5.74) is 7.25. The summed E-state index contributed by atoms with van der Waals surface area (Å²) in [6.07, 6.45) is 3.68. The highest BCUT2D eigenvalue weighted by molar-refractivity contribution is 5.85. The summed E-state index contributed by atoms with van der Waals surface area (Å²) < 4.78 is 10.5. The SMILES string of the molecule is COc1ccc(OC)c([C@@H](N)CC2CC2)c1.Cl. The lowest BCUT2D eigenvalue weighted by Gasteiger charge is -2.16. The van der Waals surface area contributed by atoms with E-state index in [4.69, 9.17) is 15.2 Å². The quantitative estimate of drug-likeness (QED) is 0.882. The summed E-state index contributed by atoms with van der Waals surface area (Å²) in [6.45, 7) is 0. The molecule has 0 amide bonds. The molecule has 2 rings (SSSR count). The van der Waals surface area contributed by atoms with E-state index in [2.05, 4.69) is 0 Å². The van der Waals surface area contributed by atoms with Crippen LogP contribution in [-0.4, -0.2) is 14.2 Å². The van der Waals surface area contributed by atoms with E-state index < -0.39 is 0 Å². The van der Waals surface area contributed by atoms with Crippen LogP contribution in [0.5, 0.6) is 11.5 Å². The fourth-order valence-corrected chi connectivity index (χ4v) is 1.97. The Hall–Kier alpha value is -0.930. The highest BCUT2D eigenvalue weighted by Gasteiger charge is 2.25. The molecule has 0 saturated heterocycles. The van der Waals surface area contributed by atoms with Crippen LogP contribution in [-0.2, 0) is 0 Å². The molecule has 17 heavy (non-hydrogen) atoms. The average molecular weight is 258 g/mol. The zero-order valence-corrected chi connectivity index (χ0v) is 11.1. The van der Waals surface area contributed by atoms with Crippen LogP contribution in [0.1, 0.15) is 30.9 Å². The number of hydrogen-bond acceptors (Lipinski definition) is 3. The van der Waals surface area contributed by atoms with Crippen molar-refractivity contribution in [1.82, 2.24) is 0 Å². The Labute approximate surface area is 109 Å². The fraction of sp³-hybridized carbons (Fsp3) is 0.538. The van der Waals surface area contributed by atoms with Crippen LogP contribution in [0.3, 0.4) is 0 Å². The smallest absolute Gasteiger partial charge is 0.123 e. The third-order valence-electron chi connectivity index (χ3n) is 3.12. The molecular weight excluding hydrogens is 238 g/mol. The van der Waals surface area contributed by atoms with Crippen molar-refractivity contribution >= 4 is 12.4 Å². The maximum atomic E-state index is 6.20. The summed E-state index contributed by atoms with van der Waals surface area (Å²) in [4.78, 5) is 0. The van der Waals surface area contributed by atoms with Gasteiger partial charge in [0.2, 0.25) is 0 Å². The molecule has 0 unspecified atom stereocenters. The van der Waals surface area contributed by atoms with Crippen molar-refractivity contribution in [3.63, 3.8) is 0 Å². The van der Waals surface area contributed by atoms with Gasteiger partial charge in [0.1, 0.15) is 11.5 Å². The van der Waals surface area contributed by atoms with Crippen LogP contribution < -0.4 is 15.2 Å². The van der Waals surface area contributed by atoms with E-state index in [1.165, 1.54) is 12.8 Å². The average Bonchev–Trinajstić information content (AvgIpc) is 3.12. The Bertz CT molecular complexity index is 366. The third kappa shape index (κ3) is 3.51. The Morgan fingerprint density at radius 3 is 2.53 bits per heavy atom. The van der Waals surface area contributed by atoms with Crippen molar-refractivity contribution in [2.24, 2.45) is 11.7 Å². The Morgan fingerprint density at radius 2 is 2.00 bits per heavy atom. The van der Waals surface area contributed by atoms with Gasteiger partial charge in [-0.3, -0.25) is 0 Å². The van der Waals surface area contributed by atoms with E-state index in [9.17, 15) is 0 Å². The molecule has 1 fully saturated rings. The molecule has 2 N–H and O–H groups in total. The molecule has 1 aliphatic carbocycles. The maximum absolute atomic E-state index is 6.20. The second kappa shape index (κ2) is 6.12. The van der Waals surface area contributed by atoms with Gasteiger partial charge in [-0.1, -0.05) is 12.8 Å². The zero-order chi connectivity index (χ0) is 11.5. The van der Waals surface area contributed by atoms with E-state index in [1.807, 2.05) is 18.2 Å². The van der Waals surface area contributed by atoms with Crippen molar-refractivity contribution in [1.29, 1.82) is 0 Å². The van der Waals surface area contributed by atoms with Crippen molar-refractivity contribution < 1.29 is 9.47 Å². The molecule has 1 aromatic rings. The van der Waals surface area contributed by atoms with Crippen molar-refractivity contribution in [2.45, 2.75) is 25.3 Å². The number of benzene rings is 1. The van der Waals surface area contributed by atoms with Gasteiger partial charge < -0.3 is 15.2 Å². The molecule has 0 heterocycles. The molecule has 0 aliphatic heterocycles. The molecule has 3 nitrogen and oxygen atoms in total. The van der Waals surface area contributed by atoms with Crippen LogP contribution in [0.25, 0.3) is 0 Å². The highest BCUT2D eigenvalue weighted by atomic mass is 35.5. The maximum Gasteiger partial charge on any atom is 0.123 e. The van der Waals surface area contributed by atoms with Crippen LogP contribution in [0.15, 0.2) is 18.2 Å². The highest BCUT2D eigenvalue weighted by Crippen LogP contribution is 2.39. The Kier molecular flexibility index (Phi) is 5.09. The number of methoxy groups -OCH3 is 2. The monoisotopic (exact) mass is 257 g/mol. The first-order chi connectivity index (χ1) is 7.74. The summed E-state index contributed by atoms with van der Waals surface area (Å²) in [6, 6.07) is 5.84. The molecule has 0 spiro atoms. The number of halogens is 1. The van der Waals surface area contributed by atoms with E-state index in [-0.39, 0.29) is 18.4 Å². The van der Waals surface area contributed by atoms with Gasteiger partial charge in [0, 0.05) is 11.6 Å². The molecule has 1 aliphatic rings. The molecule has 1 saturated carbocycles. The Morgan fingerprint density at radius 1 is 1.29 bits per heavy atom. The third-order valence-corrected chi connectivity index (χ3v) is 3.12. The van der Waals surface area contributed by atoms with Gasteiger partial charge >= 0.3 is 0 Å². The van der Waals surface area contributed by atoms with Gasteiger partial charge in [-0.2, -0.15) is 0 Å². The first-order valence-corrected chi connectivity index (χ1v) is 5.72. The number of hydrogen-bond donors (Lipinski definition) is 1. The molecular formula is C13H20ClNO2. The second-order valence-electron chi connectivity index (χ2n) is 4.39. The van der Waals surface area contributed by atoms with Gasteiger partial charge in [0.05, 0.1) is 14.2 Å². The second-order valence-corrected chi connectivity index (χ2v) is 4.39. The van der Waals surface area contributed by atoms with E-state index in [0.29, 0.717) is 0 Å². The number of nitrogens with two attached hydrogens (primary N) is 1. The molecule has 96 valence electrons.